The van der Waals surface area contributed by atoms with Gasteiger partial charge in [0.1, 0.15) is 18.8 Å². The van der Waals surface area contributed by atoms with E-state index in [2.05, 4.69) is 5.10 Å². The first-order valence-corrected chi connectivity index (χ1v) is 11.3. The van der Waals surface area contributed by atoms with E-state index < -0.39 is 18.5 Å². The molecule has 0 radical (unpaired) electrons. The number of nitrogens with zero attached hydrogens (tertiary/aromatic N) is 4. The van der Waals surface area contributed by atoms with Gasteiger partial charge in [-0.15, -0.1) is 0 Å². The van der Waals surface area contributed by atoms with Crippen LogP contribution in [0.25, 0.3) is 0 Å². The van der Waals surface area contributed by atoms with Gasteiger partial charge in [-0.25, -0.2) is 4.79 Å². The molecule has 1 aliphatic heterocycles. The number of aryl methyl sites for hydroxylation is 1. The minimum Gasteiger partial charge on any atom is -0.486 e. The van der Waals surface area contributed by atoms with Crippen molar-refractivity contribution in [2.45, 2.75) is 26.8 Å². The largest absolute Gasteiger partial charge is 0.486 e. The molecule has 180 valence electrons. The molecule has 0 fully saturated rings. The molecule has 0 unspecified atom stereocenters. The Bertz CT molecular complexity index is 1260. The Balaban J connectivity index is 1.46. The second-order valence-electron chi connectivity index (χ2n) is 8.05. The standard InChI is InChI=1S/C26H26N4O5/c1-18-25(19(2)30(28-18)16-20-7-4-3-5-8-20)26(32)35-17-24(31)29(12-6-11-27)21-9-10-22-23(15-21)34-14-13-33-22/h3-5,7-10,15H,6,12-14,16-17H2,1-2H3. The molecule has 9 heteroatoms. The Morgan fingerprint density at radius 3 is 2.60 bits per heavy atom. The highest BCUT2D eigenvalue weighted by atomic mass is 16.6. The van der Waals surface area contributed by atoms with Gasteiger partial charge in [-0.05, 0) is 31.5 Å². The second-order valence-corrected chi connectivity index (χ2v) is 8.05. The number of rotatable bonds is 8. The predicted octanol–water partition coefficient (Wildman–Crippen LogP) is 3.42. The highest BCUT2D eigenvalue weighted by Gasteiger charge is 2.24. The molecule has 0 atom stereocenters. The number of carbonyl (C=O) groups excluding carboxylic acids is 2. The van der Waals surface area contributed by atoms with Gasteiger partial charge in [0.2, 0.25) is 0 Å². The van der Waals surface area contributed by atoms with Crippen molar-refractivity contribution >= 4 is 17.6 Å². The lowest BCUT2D eigenvalue weighted by molar-refractivity contribution is -0.121. The Kier molecular flexibility index (Phi) is 7.31. The van der Waals surface area contributed by atoms with Crippen LogP contribution in [0.4, 0.5) is 5.69 Å². The molecule has 1 amide bonds. The zero-order chi connectivity index (χ0) is 24.8. The van der Waals surface area contributed by atoms with Crippen LogP contribution in [0.3, 0.4) is 0 Å². The third-order valence-electron chi connectivity index (χ3n) is 5.67. The Labute approximate surface area is 203 Å². The maximum atomic E-state index is 13.0. The van der Waals surface area contributed by atoms with Crippen molar-refractivity contribution in [1.82, 2.24) is 9.78 Å². The smallest absolute Gasteiger partial charge is 0.342 e. The molecule has 3 aromatic rings. The molecule has 35 heavy (non-hydrogen) atoms. The van der Waals surface area contributed by atoms with Crippen LogP contribution < -0.4 is 14.4 Å². The fourth-order valence-corrected chi connectivity index (χ4v) is 3.94. The van der Waals surface area contributed by atoms with Gasteiger partial charge in [-0.2, -0.15) is 10.4 Å². The van der Waals surface area contributed by atoms with Crippen LogP contribution in [0, 0.1) is 25.2 Å². The van der Waals surface area contributed by atoms with E-state index in [1.54, 1.807) is 36.7 Å². The van der Waals surface area contributed by atoms with Crippen LogP contribution >= 0.6 is 0 Å². The summed E-state index contributed by atoms with van der Waals surface area (Å²) in [5.41, 5.74) is 3.13. The number of aromatic nitrogens is 2. The van der Waals surface area contributed by atoms with Gasteiger partial charge in [-0.3, -0.25) is 9.48 Å². The normalized spacial score (nSPS) is 12.0. The summed E-state index contributed by atoms with van der Waals surface area (Å²) >= 11 is 0. The lowest BCUT2D eigenvalue weighted by Gasteiger charge is -2.24. The zero-order valence-electron chi connectivity index (χ0n) is 19.7. The van der Waals surface area contributed by atoms with Crippen LogP contribution in [-0.2, 0) is 16.1 Å². The number of amides is 1. The number of esters is 1. The van der Waals surface area contributed by atoms with E-state index in [4.69, 9.17) is 19.5 Å². The average Bonchev–Trinajstić information content (AvgIpc) is 3.15. The minimum atomic E-state index is -0.616. The summed E-state index contributed by atoms with van der Waals surface area (Å²) in [5, 5.41) is 13.5. The van der Waals surface area contributed by atoms with Crippen LogP contribution in [-0.4, -0.2) is 48.0 Å². The molecule has 0 spiro atoms. The molecule has 0 bridgehead atoms. The maximum Gasteiger partial charge on any atom is 0.342 e. The third-order valence-corrected chi connectivity index (χ3v) is 5.67. The molecule has 0 saturated heterocycles. The van der Waals surface area contributed by atoms with Crippen LogP contribution in [0.5, 0.6) is 11.5 Å². The van der Waals surface area contributed by atoms with Gasteiger partial charge in [0.05, 0.1) is 30.4 Å². The first kappa shape index (κ1) is 23.8. The molecular weight excluding hydrogens is 448 g/mol. The van der Waals surface area contributed by atoms with Gasteiger partial charge in [0.25, 0.3) is 5.91 Å². The molecule has 1 aromatic heterocycles. The second kappa shape index (κ2) is 10.7. The molecule has 2 heterocycles. The van der Waals surface area contributed by atoms with Gasteiger partial charge in [0, 0.05) is 18.3 Å². The topological polar surface area (TPSA) is 107 Å². The van der Waals surface area contributed by atoms with Crippen molar-refractivity contribution in [3.63, 3.8) is 0 Å². The Morgan fingerprint density at radius 1 is 1.11 bits per heavy atom. The highest BCUT2D eigenvalue weighted by molar-refractivity contribution is 5.98. The lowest BCUT2D eigenvalue weighted by atomic mass is 10.2. The maximum absolute atomic E-state index is 13.0. The first-order chi connectivity index (χ1) is 17.0. The van der Waals surface area contributed by atoms with Gasteiger partial charge >= 0.3 is 5.97 Å². The quantitative estimate of drug-likeness (QED) is 0.461. The van der Waals surface area contributed by atoms with Gasteiger partial charge < -0.3 is 19.1 Å². The fraction of sp³-hybridized carbons (Fsp3) is 0.308. The predicted molar refractivity (Wildman–Crippen MR) is 128 cm³/mol. The molecule has 0 N–H and O–H groups in total. The zero-order valence-corrected chi connectivity index (χ0v) is 19.7. The van der Waals surface area contributed by atoms with Crippen molar-refractivity contribution in [2.75, 3.05) is 31.3 Å². The van der Waals surface area contributed by atoms with Gasteiger partial charge in [-0.1, -0.05) is 30.3 Å². The number of hydrogen-bond donors (Lipinski definition) is 0. The summed E-state index contributed by atoms with van der Waals surface area (Å²) < 4.78 is 18.3. The third kappa shape index (κ3) is 5.44. The van der Waals surface area contributed by atoms with E-state index in [0.717, 1.165) is 5.56 Å². The van der Waals surface area contributed by atoms with Crippen molar-refractivity contribution in [3.8, 4) is 17.6 Å². The minimum absolute atomic E-state index is 0.124. The first-order valence-electron chi connectivity index (χ1n) is 11.3. The molecule has 9 nitrogen and oxygen atoms in total. The molecule has 0 aliphatic carbocycles. The number of carbonyl (C=O) groups is 2. The van der Waals surface area contributed by atoms with Crippen LogP contribution in [0.2, 0.25) is 0 Å². The number of anilines is 1. The van der Waals surface area contributed by atoms with E-state index in [9.17, 15) is 9.59 Å². The SMILES string of the molecule is Cc1nn(Cc2ccccc2)c(C)c1C(=O)OCC(=O)N(CCC#N)c1ccc2c(c1)OCCO2. The average molecular weight is 475 g/mol. The number of fused-ring (bicyclic) bond motifs is 1. The number of hydrogen-bond acceptors (Lipinski definition) is 7. The molecule has 0 saturated carbocycles. The summed E-state index contributed by atoms with van der Waals surface area (Å²) in [6.45, 7) is 4.61. The number of benzene rings is 2. The Morgan fingerprint density at radius 2 is 1.86 bits per heavy atom. The van der Waals surface area contributed by atoms with Gasteiger partial charge in [0.15, 0.2) is 18.1 Å². The van der Waals surface area contributed by atoms with Crippen LogP contribution in [0.15, 0.2) is 48.5 Å². The monoisotopic (exact) mass is 474 g/mol. The lowest BCUT2D eigenvalue weighted by Crippen LogP contribution is -2.35. The van der Waals surface area contributed by atoms with E-state index in [1.807, 2.05) is 36.4 Å². The molecule has 2 aromatic carbocycles. The summed E-state index contributed by atoms with van der Waals surface area (Å²) in [4.78, 5) is 27.3. The number of nitriles is 1. The Hall–Kier alpha value is -4.32. The summed E-state index contributed by atoms with van der Waals surface area (Å²) in [6.07, 6.45) is 0.124. The van der Waals surface area contributed by atoms with Crippen LogP contribution in [0.1, 0.15) is 33.7 Å². The van der Waals surface area contributed by atoms with E-state index in [0.29, 0.717) is 53.9 Å². The van der Waals surface area contributed by atoms with Crippen molar-refractivity contribution in [2.24, 2.45) is 0 Å². The van der Waals surface area contributed by atoms with Crippen molar-refractivity contribution in [3.05, 3.63) is 71.0 Å². The summed E-state index contributed by atoms with van der Waals surface area (Å²) in [6, 6.07) is 17.0. The summed E-state index contributed by atoms with van der Waals surface area (Å²) in [7, 11) is 0. The molecule has 4 rings (SSSR count). The number of ether oxygens (including phenoxy) is 3. The highest BCUT2D eigenvalue weighted by Crippen LogP contribution is 2.34. The fourth-order valence-electron chi connectivity index (χ4n) is 3.94. The van der Waals surface area contributed by atoms with E-state index >= 15 is 0 Å². The molecule has 1 aliphatic rings. The van der Waals surface area contributed by atoms with Crippen molar-refractivity contribution in [1.29, 1.82) is 5.26 Å². The molecular formula is C26H26N4O5. The summed E-state index contributed by atoms with van der Waals surface area (Å²) in [5.74, 6) is 0.0579. The van der Waals surface area contributed by atoms with E-state index in [1.165, 1.54) is 4.90 Å². The van der Waals surface area contributed by atoms with Crippen molar-refractivity contribution < 1.29 is 23.8 Å². The van der Waals surface area contributed by atoms with E-state index in [-0.39, 0.29) is 13.0 Å².